The van der Waals surface area contributed by atoms with Crippen LogP contribution in [0.1, 0.15) is 23.2 Å². The van der Waals surface area contributed by atoms with E-state index < -0.39 is 21.6 Å². The largest absolute Gasteiger partial charge is 0.349 e. The van der Waals surface area contributed by atoms with Gasteiger partial charge in [-0.25, -0.2) is 12.8 Å². The summed E-state index contributed by atoms with van der Waals surface area (Å²) >= 11 is 0. The molecule has 1 amide bonds. The lowest BCUT2D eigenvalue weighted by molar-refractivity contribution is 0.0930. The zero-order chi connectivity index (χ0) is 13.2. The zero-order valence-corrected chi connectivity index (χ0v) is 10.5. The number of amides is 1. The molecule has 0 radical (unpaired) electrons. The van der Waals surface area contributed by atoms with Crippen LogP contribution >= 0.6 is 0 Å². The van der Waals surface area contributed by atoms with Gasteiger partial charge in [-0.15, -0.1) is 0 Å². The maximum atomic E-state index is 13.4. The van der Waals surface area contributed by atoms with Crippen molar-refractivity contribution in [1.82, 2.24) is 5.32 Å². The minimum atomic E-state index is -2.95. The molecule has 0 saturated carbocycles. The highest BCUT2D eigenvalue weighted by Crippen LogP contribution is 2.13. The van der Waals surface area contributed by atoms with Gasteiger partial charge in [-0.05, 0) is 25.0 Å². The zero-order valence-electron chi connectivity index (χ0n) is 9.73. The van der Waals surface area contributed by atoms with E-state index >= 15 is 0 Å². The van der Waals surface area contributed by atoms with Crippen LogP contribution in [0.2, 0.25) is 0 Å². The Hall–Kier alpha value is -1.43. The fourth-order valence-corrected chi connectivity index (χ4v) is 3.43. The lowest BCUT2D eigenvalue weighted by atomic mass is 10.1. The molecule has 1 saturated heterocycles. The van der Waals surface area contributed by atoms with Gasteiger partial charge < -0.3 is 5.32 Å². The maximum Gasteiger partial charge on any atom is 0.254 e. The molecule has 1 N–H and O–H groups in total. The van der Waals surface area contributed by atoms with Gasteiger partial charge in [0.25, 0.3) is 5.91 Å². The molecule has 6 heteroatoms. The molecule has 0 spiro atoms. The fourth-order valence-electron chi connectivity index (χ4n) is 1.94. The Balaban J connectivity index is 1.99. The summed E-state index contributed by atoms with van der Waals surface area (Å²) in [7, 11) is -2.95. The molecule has 98 valence electrons. The van der Waals surface area contributed by atoms with E-state index in [4.69, 9.17) is 0 Å². The van der Waals surface area contributed by atoms with Crippen molar-refractivity contribution in [3.05, 3.63) is 35.6 Å². The number of carbonyl (C=O) groups is 1. The van der Waals surface area contributed by atoms with E-state index in [2.05, 4.69) is 5.32 Å². The molecule has 18 heavy (non-hydrogen) atoms. The highest BCUT2D eigenvalue weighted by Gasteiger charge is 2.25. The van der Waals surface area contributed by atoms with Gasteiger partial charge in [0.2, 0.25) is 0 Å². The first kappa shape index (κ1) is 13.0. The smallest absolute Gasteiger partial charge is 0.254 e. The Bertz CT molecular complexity index is 542. The Labute approximate surface area is 105 Å². The topological polar surface area (TPSA) is 63.2 Å². The van der Waals surface area contributed by atoms with Crippen molar-refractivity contribution in [1.29, 1.82) is 0 Å². The van der Waals surface area contributed by atoms with Crippen molar-refractivity contribution in [3.63, 3.8) is 0 Å². The minimum Gasteiger partial charge on any atom is -0.349 e. The Morgan fingerprint density at radius 2 is 1.83 bits per heavy atom. The molecule has 0 aromatic heterocycles. The monoisotopic (exact) mass is 271 g/mol. The van der Waals surface area contributed by atoms with E-state index in [1.165, 1.54) is 18.2 Å². The van der Waals surface area contributed by atoms with Gasteiger partial charge in [-0.1, -0.05) is 12.1 Å². The van der Waals surface area contributed by atoms with Gasteiger partial charge in [-0.3, -0.25) is 4.79 Å². The summed E-state index contributed by atoms with van der Waals surface area (Å²) in [6, 6.07) is 5.54. The quantitative estimate of drug-likeness (QED) is 0.877. The van der Waals surface area contributed by atoms with Crippen molar-refractivity contribution < 1.29 is 17.6 Å². The van der Waals surface area contributed by atoms with Crippen molar-refractivity contribution in [2.24, 2.45) is 0 Å². The van der Waals surface area contributed by atoms with E-state index in [0.717, 1.165) is 0 Å². The normalized spacial score (nSPS) is 19.4. The first-order valence-corrected chi connectivity index (χ1v) is 7.56. The van der Waals surface area contributed by atoms with Crippen LogP contribution in [-0.4, -0.2) is 31.9 Å². The molecular formula is C12H14FNO3S. The summed E-state index contributed by atoms with van der Waals surface area (Å²) < 4.78 is 35.8. The van der Waals surface area contributed by atoms with Crippen LogP contribution < -0.4 is 5.32 Å². The molecule has 1 heterocycles. The summed E-state index contributed by atoms with van der Waals surface area (Å²) in [5.74, 6) is -0.902. The number of hydrogen-bond acceptors (Lipinski definition) is 3. The van der Waals surface area contributed by atoms with Crippen LogP contribution in [-0.2, 0) is 9.84 Å². The van der Waals surface area contributed by atoms with E-state index in [-0.39, 0.29) is 23.1 Å². The second-order valence-electron chi connectivity index (χ2n) is 4.38. The van der Waals surface area contributed by atoms with Gasteiger partial charge in [0, 0.05) is 6.04 Å². The number of rotatable bonds is 2. The third-order valence-electron chi connectivity index (χ3n) is 3.01. The highest BCUT2D eigenvalue weighted by molar-refractivity contribution is 7.91. The highest BCUT2D eigenvalue weighted by atomic mass is 32.2. The molecule has 1 aliphatic rings. The van der Waals surface area contributed by atoms with Crippen LogP contribution in [0.5, 0.6) is 0 Å². The molecule has 1 fully saturated rings. The van der Waals surface area contributed by atoms with E-state index in [9.17, 15) is 17.6 Å². The summed E-state index contributed by atoms with van der Waals surface area (Å²) in [6.45, 7) is 0. The van der Waals surface area contributed by atoms with Gasteiger partial charge in [0.1, 0.15) is 15.7 Å². The van der Waals surface area contributed by atoms with Gasteiger partial charge in [0.15, 0.2) is 0 Å². The van der Waals surface area contributed by atoms with Gasteiger partial charge in [0.05, 0.1) is 17.1 Å². The SMILES string of the molecule is O=C(NC1CCS(=O)(=O)CC1)c1ccccc1F. The van der Waals surface area contributed by atoms with E-state index in [1.807, 2.05) is 0 Å². The number of carbonyl (C=O) groups excluding carboxylic acids is 1. The molecule has 1 aromatic rings. The molecule has 0 aliphatic carbocycles. The Kier molecular flexibility index (Phi) is 3.65. The van der Waals surface area contributed by atoms with Crippen LogP contribution in [0.15, 0.2) is 24.3 Å². The average molecular weight is 271 g/mol. The lowest BCUT2D eigenvalue weighted by Gasteiger charge is -2.23. The van der Waals surface area contributed by atoms with E-state index in [1.54, 1.807) is 6.07 Å². The Morgan fingerprint density at radius 3 is 2.44 bits per heavy atom. The molecule has 4 nitrogen and oxygen atoms in total. The predicted molar refractivity (Wildman–Crippen MR) is 65.5 cm³/mol. The summed E-state index contributed by atoms with van der Waals surface area (Å²) in [5.41, 5.74) is -0.00840. The molecule has 0 unspecified atom stereocenters. The third kappa shape index (κ3) is 3.07. The molecular weight excluding hydrogens is 257 g/mol. The Morgan fingerprint density at radius 1 is 1.22 bits per heavy atom. The van der Waals surface area contributed by atoms with Crippen LogP contribution in [0, 0.1) is 5.82 Å². The van der Waals surface area contributed by atoms with Crippen molar-refractivity contribution in [2.45, 2.75) is 18.9 Å². The molecule has 2 rings (SSSR count). The second-order valence-corrected chi connectivity index (χ2v) is 6.68. The number of benzene rings is 1. The van der Waals surface area contributed by atoms with Crippen LogP contribution in [0.3, 0.4) is 0 Å². The molecule has 1 aliphatic heterocycles. The standard InChI is InChI=1S/C12H14FNO3S/c13-11-4-2-1-3-10(11)12(15)14-9-5-7-18(16,17)8-6-9/h1-4,9H,5-8H2,(H,14,15). The van der Waals surface area contributed by atoms with E-state index in [0.29, 0.717) is 12.8 Å². The number of sulfone groups is 1. The number of halogens is 1. The maximum absolute atomic E-state index is 13.4. The predicted octanol–water partition coefficient (Wildman–Crippen LogP) is 1.13. The summed E-state index contributed by atoms with van der Waals surface area (Å²) in [5, 5.41) is 2.67. The molecule has 0 atom stereocenters. The first-order valence-electron chi connectivity index (χ1n) is 5.74. The van der Waals surface area contributed by atoms with Crippen molar-refractivity contribution in [3.8, 4) is 0 Å². The summed E-state index contributed by atoms with van der Waals surface area (Å²) in [6.07, 6.45) is 0.783. The van der Waals surface area contributed by atoms with Crippen molar-refractivity contribution >= 4 is 15.7 Å². The second kappa shape index (κ2) is 5.06. The fraction of sp³-hybridized carbons (Fsp3) is 0.417. The average Bonchev–Trinajstić information content (AvgIpc) is 2.32. The number of nitrogens with one attached hydrogen (secondary N) is 1. The van der Waals surface area contributed by atoms with Gasteiger partial charge in [-0.2, -0.15) is 0 Å². The lowest BCUT2D eigenvalue weighted by Crippen LogP contribution is -2.41. The van der Waals surface area contributed by atoms with Crippen LogP contribution in [0.4, 0.5) is 4.39 Å². The molecule has 0 bridgehead atoms. The minimum absolute atomic E-state index is 0.00840. The van der Waals surface area contributed by atoms with Crippen LogP contribution in [0.25, 0.3) is 0 Å². The van der Waals surface area contributed by atoms with Crippen molar-refractivity contribution in [2.75, 3.05) is 11.5 Å². The molecule has 1 aromatic carbocycles. The summed E-state index contributed by atoms with van der Waals surface area (Å²) in [4.78, 5) is 11.8. The number of hydrogen-bond donors (Lipinski definition) is 1. The first-order chi connectivity index (χ1) is 8.48. The van der Waals surface area contributed by atoms with Gasteiger partial charge >= 0.3 is 0 Å². The third-order valence-corrected chi connectivity index (χ3v) is 4.72.